The maximum absolute atomic E-state index is 13.1. The van der Waals surface area contributed by atoms with Crippen LogP contribution in [0.5, 0.6) is 0 Å². The molecular formula is C21H37N5O6. The third-order valence-electron chi connectivity index (χ3n) is 5.70. The van der Waals surface area contributed by atoms with Crippen molar-refractivity contribution in [3.05, 3.63) is 0 Å². The number of amides is 4. The van der Waals surface area contributed by atoms with E-state index in [2.05, 4.69) is 10.6 Å². The van der Waals surface area contributed by atoms with Gasteiger partial charge in [-0.25, -0.2) is 4.79 Å². The maximum Gasteiger partial charge on any atom is 0.326 e. The molecule has 11 nitrogen and oxygen atoms in total. The fourth-order valence-corrected chi connectivity index (χ4v) is 3.71. The number of primary amides is 1. The molecule has 0 saturated carbocycles. The van der Waals surface area contributed by atoms with Crippen molar-refractivity contribution in [2.75, 3.05) is 6.54 Å². The second kappa shape index (κ2) is 12.4. The molecule has 1 rings (SSSR count). The van der Waals surface area contributed by atoms with Gasteiger partial charge in [-0.2, -0.15) is 0 Å². The minimum absolute atomic E-state index is 0.147. The number of aliphatic carboxylic acids is 1. The van der Waals surface area contributed by atoms with Crippen molar-refractivity contribution in [1.82, 2.24) is 15.5 Å². The Hall–Kier alpha value is -2.69. The highest BCUT2D eigenvalue weighted by Gasteiger charge is 2.40. The Morgan fingerprint density at radius 2 is 1.72 bits per heavy atom. The van der Waals surface area contributed by atoms with Crippen molar-refractivity contribution >= 4 is 29.6 Å². The van der Waals surface area contributed by atoms with E-state index in [9.17, 15) is 29.1 Å². The van der Waals surface area contributed by atoms with Crippen LogP contribution in [0.25, 0.3) is 0 Å². The molecule has 7 N–H and O–H groups in total. The summed E-state index contributed by atoms with van der Waals surface area (Å²) in [5, 5.41) is 14.5. The summed E-state index contributed by atoms with van der Waals surface area (Å²) in [4.78, 5) is 62.8. The number of carboxylic acids is 1. The highest BCUT2D eigenvalue weighted by Crippen LogP contribution is 2.21. The summed E-state index contributed by atoms with van der Waals surface area (Å²) < 4.78 is 0. The van der Waals surface area contributed by atoms with Crippen molar-refractivity contribution in [2.45, 2.75) is 84.0 Å². The van der Waals surface area contributed by atoms with Gasteiger partial charge in [0.05, 0.1) is 12.5 Å². The summed E-state index contributed by atoms with van der Waals surface area (Å²) in [6, 6.07) is -4.12. The molecule has 0 aliphatic carbocycles. The first-order valence-corrected chi connectivity index (χ1v) is 11.1. The quantitative estimate of drug-likeness (QED) is 0.258. The number of hydrogen-bond donors (Lipinski definition) is 5. The minimum atomic E-state index is -1.30. The zero-order valence-electron chi connectivity index (χ0n) is 19.3. The molecule has 1 heterocycles. The van der Waals surface area contributed by atoms with Gasteiger partial charge in [0.25, 0.3) is 0 Å². The van der Waals surface area contributed by atoms with Crippen molar-refractivity contribution in [2.24, 2.45) is 23.3 Å². The minimum Gasteiger partial charge on any atom is -0.480 e. The van der Waals surface area contributed by atoms with Crippen LogP contribution in [0.2, 0.25) is 0 Å². The van der Waals surface area contributed by atoms with E-state index in [1.54, 1.807) is 6.92 Å². The molecule has 0 radical (unpaired) electrons. The second-order valence-electron chi connectivity index (χ2n) is 8.87. The van der Waals surface area contributed by atoms with Gasteiger partial charge in [-0.05, 0) is 31.1 Å². The Morgan fingerprint density at radius 1 is 1.09 bits per heavy atom. The van der Waals surface area contributed by atoms with Crippen LogP contribution in [0.4, 0.5) is 0 Å². The number of carboxylic acid groups (broad SMARTS) is 1. The van der Waals surface area contributed by atoms with Gasteiger partial charge >= 0.3 is 5.97 Å². The number of nitrogens with zero attached hydrogens (tertiary/aromatic N) is 1. The van der Waals surface area contributed by atoms with Crippen LogP contribution in [-0.2, 0) is 24.0 Å². The molecule has 1 aliphatic rings. The zero-order chi connectivity index (χ0) is 24.6. The molecule has 0 spiro atoms. The largest absolute Gasteiger partial charge is 0.480 e. The van der Waals surface area contributed by atoms with Crippen LogP contribution in [0, 0.1) is 11.8 Å². The van der Waals surface area contributed by atoms with Crippen molar-refractivity contribution in [3.8, 4) is 0 Å². The van der Waals surface area contributed by atoms with E-state index in [1.165, 1.54) is 4.90 Å². The normalized spacial score (nSPS) is 19.7. The molecule has 4 amide bonds. The van der Waals surface area contributed by atoms with Crippen molar-refractivity contribution in [3.63, 3.8) is 0 Å². The summed E-state index contributed by atoms with van der Waals surface area (Å²) in [6.45, 7) is 7.67. The molecule has 5 atom stereocenters. The molecule has 0 aromatic heterocycles. The number of nitrogens with two attached hydrogens (primary N) is 2. The predicted molar refractivity (Wildman–Crippen MR) is 117 cm³/mol. The smallest absolute Gasteiger partial charge is 0.326 e. The molecule has 1 saturated heterocycles. The van der Waals surface area contributed by atoms with Crippen LogP contribution in [0.3, 0.4) is 0 Å². The first-order chi connectivity index (χ1) is 14.9. The van der Waals surface area contributed by atoms with E-state index in [-0.39, 0.29) is 18.4 Å². The summed E-state index contributed by atoms with van der Waals surface area (Å²) in [6.07, 6.45) is 1.35. The molecule has 1 fully saturated rings. The molecule has 0 aromatic rings. The van der Waals surface area contributed by atoms with Gasteiger partial charge in [0.1, 0.15) is 18.1 Å². The van der Waals surface area contributed by atoms with Gasteiger partial charge < -0.3 is 32.1 Å². The number of carbonyl (C=O) groups is 5. The van der Waals surface area contributed by atoms with Gasteiger partial charge in [0, 0.05) is 6.54 Å². The first kappa shape index (κ1) is 27.3. The lowest BCUT2D eigenvalue weighted by molar-refractivity contribution is -0.150. The van der Waals surface area contributed by atoms with Gasteiger partial charge in [0.15, 0.2) is 0 Å². The fourth-order valence-electron chi connectivity index (χ4n) is 3.71. The van der Waals surface area contributed by atoms with Crippen LogP contribution < -0.4 is 22.1 Å². The van der Waals surface area contributed by atoms with E-state index < -0.39 is 60.2 Å². The van der Waals surface area contributed by atoms with Crippen molar-refractivity contribution in [1.29, 1.82) is 0 Å². The number of likely N-dealkylation sites (tertiary alicyclic amines) is 1. The third-order valence-corrected chi connectivity index (χ3v) is 5.70. The van der Waals surface area contributed by atoms with Gasteiger partial charge in [-0.15, -0.1) is 0 Å². The monoisotopic (exact) mass is 455 g/mol. The molecule has 182 valence electrons. The first-order valence-electron chi connectivity index (χ1n) is 11.1. The van der Waals surface area contributed by atoms with E-state index >= 15 is 0 Å². The van der Waals surface area contributed by atoms with Gasteiger partial charge in [-0.3, -0.25) is 19.2 Å². The second-order valence-corrected chi connectivity index (χ2v) is 8.87. The van der Waals surface area contributed by atoms with E-state index in [0.29, 0.717) is 25.7 Å². The number of hydrogen-bond acceptors (Lipinski definition) is 6. The van der Waals surface area contributed by atoms with Gasteiger partial charge in [0.2, 0.25) is 23.6 Å². The lowest BCUT2D eigenvalue weighted by Crippen LogP contribution is -2.59. The molecular weight excluding hydrogens is 418 g/mol. The lowest BCUT2D eigenvalue weighted by atomic mass is 9.96. The van der Waals surface area contributed by atoms with Crippen LogP contribution in [-0.4, -0.2) is 70.3 Å². The zero-order valence-corrected chi connectivity index (χ0v) is 19.3. The molecule has 1 aliphatic heterocycles. The Labute approximate surface area is 188 Å². The summed E-state index contributed by atoms with van der Waals surface area (Å²) in [7, 11) is 0. The Kier molecular flexibility index (Phi) is 10.6. The van der Waals surface area contributed by atoms with Crippen LogP contribution in [0.15, 0.2) is 0 Å². The lowest BCUT2D eigenvalue weighted by Gasteiger charge is -2.31. The predicted octanol–water partition coefficient (Wildman–Crippen LogP) is -0.673. The topological polar surface area (TPSA) is 185 Å². The number of rotatable bonds is 12. The third kappa shape index (κ3) is 7.77. The standard InChI is InChI=1S/C21H37N5O6/c1-5-12(4)17(20(30)26-8-6-7-15(26)21(31)32)25-19(29)14(10-16(23)27)24-18(28)13(22)9-11(2)3/h11-15,17H,5-10,22H2,1-4H3,(H2,23,27)(H,24,28)(H,25,29)(H,31,32). The van der Waals surface area contributed by atoms with E-state index in [1.807, 2.05) is 20.8 Å². The number of carbonyl (C=O) groups excluding carboxylic acids is 4. The SMILES string of the molecule is CCC(C)C(NC(=O)C(CC(N)=O)NC(=O)C(N)CC(C)C)C(=O)N1CCCC1C(=O)O. The molecule has 5 unspecified atom stereocenters. The summed E-state index contributed by atoms with van der Waals surface area (Å²) >= 11 is 0. The molecule has 0 aromatic carbocycles. The average Bonchev–Trinajstić information content (AvgIpc) is 3.19. The molecule has 32 heavy (non-hydrogen) atoms. The summed E-state index contributed by atoms with van der Waals surface area (Å²) in [5.41, 5.74) is 11.1. The summed E-state index contributed by atoms with van der Waals surface area (Å²) in [5.74, 6) is -3.92. The highest BCUT2D eigenvalue weighted by molar-refractivity contribution is 5.96. The fraction of sp³-hybridized carbons (Fsp3) is 0.762. The van der Waals surface area contributed by atoms with Crippen LogP contribution >= 0.6 is 0 Å². The highest BCUT2D eigenvalue weighted by atomic mass is 16.4. The van der Waals surface area contributed by atoms with E-state index in [0.717, 1.165) is 0 Å². The Balaban J connectivity index is 3.03. The molecule has 11 heteroatoms. The maximum atomic E-state index is 13.1. The molecule has 0 bridgehead atoms. The van der Waals surface area contributed by atoms with Crippen molar-refractivity contribution < 1.29 is 29.1 Å². The average molecular weight is 456 g/mol. The Bertz CT molecular complexity index is 713. The number of nitrogens with one attached hydrogen (secondary N) is 2. The van der Waals surface area contributed by atoms with Crippen LogP contribution in [0.1, 0.15) is 59.8 Å². The Morgan fingerprint density at radius 3 is 2.22 bits per heavy atom. The van der Waals surface area contributed by atoms with Gasteiger partial charge in [-0.1, -0.05) is 34.1 Å². The van der Waals surface area contributed by atoms with E-state index in [4.69, 9.17) is 11.5 Å².